The zero-order chi connectivity index (χ0) is 20.4. The minimum absolute atomic E-state index is 0.190. The van der Waals surface area contributed by atoms with Gasteiger partial charge in [0.05, 0.1) is 15.1 Å². The fourth-order valence-corrected chi connectivity index (χ4v) is 5.24. The van der Waals surface area contributed by atoms with Gasteiger partial charge in [0.15, 0.2) is 15.0 Å². The SMILES string of the molecule is CS(=O)(=O)c1ccc2nc(N3CCN(C(=O)CCc4ccccc4)CC3)sc2c1. The molecule has 8 heteroatoms. The second kappa shape index (κ2) is 8.12. The molecule has 3 aromatic rings. The number of nitrogens with zero attached hydrogens (tertiary/aromatic N) is 3. The number of thiazole rings is 1. The number of aromatic nitrogens is 1. The molecule has 1 aliphatic heterocycles. The van der Waals surface area contributed by atoms with Crippen LogP contribution in [0.15, 0.2) is 53.4 Å². The van der Waals surface area contributed by atoms with E-state index in [9.17, 15) is 13.2 Å². The fourth-order valence-electron chi connectivity index (χ4n) is 3.46. The number of carbonyl (C=O) groups excluding carboxylic acids is 1. The summed E-state index contributed by atoms with van der Waals surface area (Å²) in [6.45, 7) is 2.82. The van der Waals surface area contributed by atoms with E-state index in [0.717, 1.165) is 34.9 Å². The molecule has 1 saturated heterocycles. The van der Waals surface area contributed by atoms with Crippen molar-refractivity contribution in [2.45, 2.75) is 17.7 Å². The Kier molecular flexibility index (Phi) is 5.56. The van der Waals surface area contributed by atoms with Crippen molar-refractivity contribution in [1.82, 2.24) is 9.88 Å². The largest absolute Gasteiger partial charge is 0.345 e. The number of carbonyl (C=O) groups is 1. The number of hydrogen-bond donors (Lipinski definition) is 0. The molecule has 1 fully saturated rings. The molecule has 0 unspecified atom stereocenters. The van der Waals surface area contributed by atoms with Crippen molar-refractivity contribution < 1.29 is 13.2 Å². The molecule has 0 spiro atoms. The number of piperazine rings is 1. The van der Waals surface area contributed by atoms with Gasteiger partial charge in [0.2, 0.25) is 5.91 Å². The number of benzene rings is 2. The molecular formula is C21H23N3O3S2. The average Bonchev–Trinajstić information content (AvgIpc) is 3.16. The highest BCUT2D eigenvalue weighted by Crippen LogP contribution is 2.31. The van der Waals surface area contributed by atoms with E-state index < -0.39 is 9.84 Å². The monoisotopic (exact) mass is 429 g/mol. The maximum absolute atomic E-state index is 12.5. The van der Waals surface area contributed by atoms with Crippen LogP contribution in [-0.2, 0) is 21.1 Å². The Morgan fingerprint density at radius 2 is 1.79 bits per heavy atom. The molecule has 2 aromatic carbocycles. The molecule has 0 atom stereocenters. The van der Waals surface area contributed by atoms with Gasteiger partial charge in [-0.25, -0.2) is 13.4 Å². The first-order valence-electron chi connectivity index (χ1n) is 9.57. The molecule has 0 saturated carbocycles. The van der Waals surface area contributed by atoms with Gasteiger partial charge in [-0.05, 0) is 30.2 Å². The Labute approximate surface area is 174 Å². The molecule has 6 nitrogen and oxygen atoms in total. The van der Waals surface area contributed by atoms with Gasteiger partial charge in [0, 0.05) is 38.9 Å². The molecule has 1 aliphatic rings. The van der Waals surface area contributed by atoms with Crippen LogP contribution in [0.5, 0.6) is 0 Å². The van der Waals surface area contributed by atoms with Gasteiger partial charge in [-0.3, -0.25) is 4.79 Å². The molecule has 0 aliphatic carbocycles. The third-order valence-electron chi connectivity index (χ3n) is 5.15. The quantitative estimate of drug-likeness (QED) is 0.624. The summed E-state index contributed by atoms with van der Waals surface area (Å²) in [6, 6.07) is 15.1. The predicted octanol–water partition coefficient (Wildman–Crippen LogP) is 2.98. The van der Waals surface area contributed by atoms with Crippen LogP contribution in [0.2, 0.25) is 0 Å². The van der Waals surface area contributed by atoms with Gasteiger partial charge in [0.1, 0.15) is 0 Å². The lowest BCUT2D eigenvalue weighted by Crippen LogP contribution is -2.48. The fraction of sp³-hybridized carbons (Fsp3) is 0.333. The first-order valence-corrected chi connectivity index (χ1v) is 12.3. The van der Waals surface area contributed by atoms with Crippen LogP contribution in [0.4, 0.5) is 5.13 Å². The van der Waals surface area contributed by atoms with Crippen molar-refractivity contribution in [1.29, 1.82) is 0 Å². The summed E-state index contributed by atoms with van der Waals surface area (Å²) in [7, 11) is -3.23. The zero-order valence-corrected chi connectivity index (χ0v) is 17.9. The van der Waals surface area contributed by atoms with Gasteiger partial charge in [0.25, 0.3) is 0 Å². The lowest BCUT2D eigenvalue weighted by Gasteiger charge is -2.34. The van der Waals surface area contributed by atoms with E-state index in [1.54, 1.807) is 18.2 Å². The average molecular weight is 430 g/mol. The topological polar surface area (TPSA) is 70.6 Å². The van der Waals surface area contributed by atoms with Crippen molar-refractivity contribution in [3.8, 4) is 0 Å². The summed E-state index contributed by atoms with van der Waals surface area (Å²) >= 11 is 1.50. The molecule has 0 bridgehead atoms. The normalized spacial score (nSPS) is 15.1. The number of rotatable bonds is 5. The third kappa shape index (κ3) is 4.59. The van der Waals surface area contributed by atoms with Gasteiger partial charge in [-0.2, -0.15) is 0 Å². The lowest BCUT2D eigenvalue weighted by molar-refractivity contribution is -0.131. The number of anilines is 1. The molecule has 1 aromatic heterocycles. The highest BCUT2D eigenvalue weighted by Gasteiger charge is 2.23. The standard InChI is InChI=1S/C21H23N3O3S2/c1-29(26,27)17-8-9-18-19(15-17)28-21(22-18)24-13-11-23(12-14-24)20(25)10-7-16-5-3-2-4-6-16/h2-6,8-9,15H,7,10-14H2,1H3. The minimum atomic E-state index is -3.23. The Hall–Kier alpha value is -2.45. The van der Waals surface area contributed by atoms with E-state index in [1.165, 1.54) is 23.2 Å². The summed E-state index contributed by atoms with van der Waals surface area (Å²) in [5, 5.41) is 0.877. The van der Waals surface area contributed by atoms with Crippen molar-refractivity contribution >= 4 is 42.4 Å². The van der Waals surface area contributed by atoms with E-state index in [0.29, 0.717) is 24.4 Å². The molecule has 0 N–H and O–H groups in total. The van der Waals surface area contributed by atoms with Crippen molar-refractivity contribution in [3.63, 3.8) is 0 Å². The first kappa shape index (κ1) is 19.8. The second-order valence-electron chi connectivity index (χ2n) is 7.25. The molecule has 0 radical (unpaired) electrons. The number of aryl methyl sites for hydroxylation is 1. The summed E-state index contributed by atoms with van der Waals surface area (Å²) in [5.41, 5.74) is 1.99. The Morgan fingerprint density at radius 3 is 2.48 bits per heavy atom. The number of amides is 1. The molecule has 2 heterocycles. The van der Waals surface area contributed by atoms with E-state index in [1.807, 2.05) is 35.2 Å². The lowest BCUT2D eigenvalue weighted by atomic mass is 10.1. The summed E-state index contributed by atoms with van der Waals surface area (Å²) in [5.74, 6) is 0.190. The van der Waals surface area contributed by atoms with Crippen LogP contribution < -0.4 is 4.90 Å². The van der Waals surface area contributed by atoms with Crippen molar-refractivity contribution in [2.75, 3.05) is 37.3 Å². The van der Waals surface area contributed by atoms with Crippen LogP contribution in [-0.4, -0.2) is 56.6 Å². The van der Waals surface area contributed by atoms with E-state index in [2.05, 4.69) is 9.88 Å². The van der Waals surface area contributed by atoms with Crippen molar-refractivity contribution in [3.05, 3.63) is 54.1 Å². The molecular weight excluding hydrogens is 406 g/mol. The van der Waals surface area contributed by atoms with E-state index in [4.69, 9.17) is 0 Å². The van der Waals surface area contributed by atoms with Crippen LogP contribution in [0, 0.1) is 0 Å². The summed E-state index contributed by atoms with van der Waals surface area (Å²) < 4.78 is 24.4. The van der Waals surface area contributed by atoms with Gasteiger partial charge < -0.3 is 9.80 Å². The van der Waals surface area contributed by atoms with E-state index >= 15 is 0 Å². The maximum Gasteiger partial charge on any atom is 0.223 e. The van der Waals surface area contributed by atoms with Crippen LogP contribution in [0.1, 0.15) is 12.0 Å². The minimum Gasteiger partial charge on any atom is -0.345 e. The van der Waals surface area contributed by atoms with E-state index in [-0.39, 0.29) is 5.91 Å². The number of sulfone groups is 1. The van der Waals surface area contributed by atoms with Gasteiger partial charge in [-0.1, -0.05) is 41.7 Å². The third-order valence-corrected chi connectivity index (χ3v) is 7.34. The van der Waals surface area contributed by atoms with Crippen LogP contribution in [0.25, 0.3) is 10.2 Å². The Morgan fingerprint density at radius 1 is 1.07 bits per heavy atom. The maximum atomic E-state index is 12.5. The summed E-state index contributed by atoms with van der Waals surface area (Å²) in [6.07, 6.45) is 2.50. The zero-order valence-electron chi connectivity index (χ0n) is 16.2. The summed E-state index contributed by atoms with van der Waals surface area (Å²) in [4.78, 5) is 21.6. The predicted molar refractivity (Wildman–Crippen MR) is 116 cm³/mol. The Balaban J connectivity index is 1.37. The van der Waals surface area contributed by atoms with Gasteiger partial charge in [-0.15, -0.1) is 0 Å². The molecule has 4 rings (SSSR count). The van der Waals surface area contributed by atoms with Gasteiger partial charge >= 0.3 is 0 Å². The second-order valence-corrected chi connectivity index (χ2v) is 10.3. The number of fused-ring (bicyclic) bond motifs is 1. The van der Waals surface area contributed by atoms with Crippen molar-refractivity contribution in [2.24, 2.45) is 0 Å². The highest BCUT2D eigenvalue weighted by molar-refractivity contribution is 7.90. The smallest absolute Gasteiger partial charge is 0.223 e. The van der Waals surface area contributed by atoms with Crippen LogP contribution >= 0.6 is 11.3 Å². The molecule has 29 heavy (non-hydrogen) atoms. The highest BCUT2D eigenvalue weighted by atomic mass is 32.2. The first-order chi connectivity index (χ1) is 13.9. The van der Waals surface area contributed by atoms with Crippen LogP contribution in [0.3, 0.4) is 0 Å². The molecule has 152 valence electrons. The molecule has 1 amide bonds. The Bertz CT molecular complexity index is 1120. The number of hydrogen-bond acceptors (Lipinski definition) is 6.